The van der Waals surface area contributed by atoms with Crippen LogP contribution < -0.4 is 5.43 Å². The fourth-order valence-corrected chi connectivity index (χ4v) is 12.0. The zero-order chi connectivity index (χ0) is 58.3. The van der Waals surface area contributed by atoms with Crippen LogP contribution in [0.15, 0.2) is 47.6 Å². The average Bonchev–Trinajstić information content (AvgIpc) is 3.41. The number of Topliss-reactive ketones (excluding diaryl/α,β-unsaturated/α-hetero) is 3. The molecule has 0 aromatic rings. The topological polar surface area (TPSA) is 272 Å². The lowest BCUT2D eigenvalue weighted by Crippen LogP contribution is -2.61. The summed E-state index contributed by atoms with van der Waals surface area (Å²) in [5.74, 6) is -10.7. The zero-order valence-electron chi connectivity index (χ0n) is 48.3. The van der Waals surface area contributed by atoms with Gasteiger partial charge in [0.25, 0.3) is 11.7 Å². The van der Waals surface area contributed by atoms with Gasteiger partial charge in [-0.1, -0.05) is 77.5 Å². The van der Waals surface area contributed by atoms with Gasteiger partial charge in [-0.2, -0.15) is 5.06 Å². The molecule has 4 heterocycles. The Labute approximate surface area is 466 Å². The SMILES string of the molecule is CO[C@@H]1C[C@H](C[C@@H](C)[C@@H]2CC(=O)[C@H](C)/C=C(\C)[C@@H](O)[C@@H](OC)C(=O)[C@H](C)C[C@H](C)\C=C/C=C/C=C(\C)[C@@H](N(O)C(=O)NN3CCCCC3)C[C@@H]3CC[C@@H](C)[C@@](O)(O3)C(=O)C(=O)N3CCCC[C@H]3C(=O)O2)CC[C@H]1C(=O)ON(C)O. The highest BCUT2D eigenvalue weighted by Crippen LogP contribution is 2.39. The Morgan fingerprint density at radius 2 is 1.56 bits per heavy atom. The van der Waals surface area contributed by atoms with Crippen LogP contribution in [0.3, 0.4) is 0 Å². The van der Waals surface area contributed by atoms with Crippen LogP contribution in [-0.2, 0) is 52.6 Å². The van der Waals surface area contributed by atoms with Gasteiger partial charge in [-0.3, -0.25) is 35.0 Å². The van der Waals surface area contributed by atoms with Crippen LogP contribution in [0.4, 0.5) is 4.79 Å². The first-order valence-corrected chi connectivity index (χ1v) is 28.5. The van der Waals surface area contributed by atoms with E-state index in [0.717, 1.165) is 24.2 Å². The number of urea groups is 1. The number of hydrazine groups is 1. The third-order valence-corrected chi connectivity index (χ3v) is 16.9. The molecule has 444 valence electrons. The number of carbonyl (C=O) groups is 7. The number of methoxy groups -OCH3 is 2. The maximum atomic E-state index is 14.6. The van der Waals surface area contributed by atoms with Crippen molar-refractivity contribution in [3.63, 3.8) is 0 Å². The molecule has 0 aromatic heterocycles. The first-order valence-electron chi connectivity index (χ1n) is 28.5. The number of aliphatic hydroxyl groups is 2. The Morgan fingerprint density at radius 3 is 2.23 bits per heavy atom. The second-order valence-electron chi connectivity index (χ2n) is 23.1. The van der Waals surface area contributed by atoms with Gasteiger partial charge in [0, 0.05) is 64.4 Å². The van der Waals surface area contributed by atoms with Crippen LogP contribution in [0, 0.1) is 41.4 Å². The predicted octanol–water partition coefficient (Wildman–Crippen LogP) is 6.37. The number of allylic oxidation sites excluding steroid dienone is 6. The normalized spacial score (nSPS) is 36.6. The summed E-state index contributed by atoms with van der Waals surface area (Å²) in [5.41, 5.74) is 3.65. The van der Waals surface area contributed by atoms with Crippen molar-refractivity contribution in [2.75, 3.05) is 40.9 Å². The van der Waals surface area contributed by atoms with Gasteiger partial charge in [-0.15, -0.1) is 0 Å². The molecule has 0 unspecified atom stereocenters. The average molecular weight is 1110 g/mol. The molecular weight excluding hydrogens is 1020 g/mol. The molecule has 4 fully saturated rings. The summed E-state index contributed by atoms with van der Waals surface area (Å²) in [5, 5.41) is 47.7. The Balaban J connectivity index is 1.50. The number of piperidine rings is 2. The van der Waals surface area contributed by atoms with E-state index in [1.807, 2.05) is 26.0 Å². The standard InChI is InChI=1S/C58H91N5O16/c1-35-19-13-11-14-20-36(2)46(63(74)57(71)59-61-26-16-12-17-27-61)33-43-24-22-41(7)58(72,78-43)53(67)54(68)62-28-18-15-21-45(62)56(70)77-48(38(4)31-42-23-25-44(49(32-42)75-9)55(69)79-60(8)73)34-47(64)37(3)30-40(6)51(66)52(76-10)50(65)39(5)29-35/h11,13-14,19-20,30,35,37-39,41-46,48-49,51-52,66,72-74H,12,15-18,21-29,31-34H2,1-10H3,(H,59,71)/b14-11+,19-13-,36-20+,40-30+/t35-,37-,38-,39-,41-,42+,43+,44-,45+,46+,48+,49-,51-,52+,58-/m1/s1. The molecule has 3 saturated heterocycles. The first-order chi connectivity index (χ1) is 37.4. The summed E-state index contributed by atoms with van der Waals surface area (Å²) in [6, 6.07) is -3.06. The van der Waals surface area contributed by atoms with Crippen LogP contribution in [0.2, 0.25) is 0 Å². The Kier molecular flexibility index (Phi) is 25.0. The summed E-state index contributed by atoms with van der Waals surface area (Å²) in [4.78, 5) is 105. The van der Waals surface area contributed by atoms with E-state index in [-0.39, 0.29) is 55.6 Å². The van der Waals surface area contributed by atoms with Crippen LogP contribution in [0.25, 0.3) is 0 Å². The molecule has 5 aliphatic rings. The van der Waals surface area contributed by atoms with Crippen molar-refractivity contribution in [1.82, 2.24) is 25.6 Å². The van der Waals surface area contributed by atoms with Crippen molar-refractivity contribution in [2.45, 2.75) is 193 Å². The largest absolute Gasteiger partial charge is 0.460 e. The first kappa shape index (κ1) is 65.1. The third kappa shape index (κ3) is 17.6. The third-order valence-electron chi connectivity index (χ3n) is 16.9. The van der Waals surface area contributed by atoms with E-state index in [9.17, 15) is 54.2 Å². The number of ether oxygens (including phenoxy) is 4. The van der Waals surface area contributed by atoms with Gasteiger partial charge >= 0.3 is 18.0 Å². The highest BCUT2D eigenvalue weighted by Gasteiger charge is 2.53. The van der Waals surface area contributed by atoms with Crippen molar-refractivity contribution in [3.8, 4) is 0 Å². The van der Waals surface area contributed by atoms with Crippen LogP contribution in [0.1, 0.15) is 145 Å². The molecule has 4 aliphatic heterocycles. The molecular formula is C58H91N5O16. The van der Waals surface area contributed by atoms with Crippen LogP contribution in [-0.4, -0.2) is 171 Å². The molecule has 79 heavy (non-hydrogen) atoms. The van der Waals surface area contributed by atoms with Crippen LogP contribution >= 0.6 is 0 Å². The molecule has 15 atom stereocenters. The number of cyclic esters (lactones) is 1. The number of rotatable bonds is 9. The van der Waals surface area contributed by atoms with E-state index >= 15 is 0 Å². The summed E-state index contributed by atoms with van der Waals surface area (Å²) >= 11 is 0. The molecule has 2 bridgehead atoms. The number of nitrogens with one attached hydrogen (secondary N) is 1. The van der Waals surface area contributed by atoms with E-state index in [0.29, 0.717) is 85.9 Å². The highest BCUT2D eigenvalue weighted by atomic mass is 16.9. The van der Waals surface area contributed by atoms with E-state index in [1.165, 1.54) is 21.3 Å². The Morgan fingerprint density at radius 1 is 0.861 bits per heavy atom. The van der Waals surface area contributed by atoms with E-state index in [4.69, 9.17) is 23.8 Å². The van der Waals surface area contributed by atoms with Gasteiger partial charge in [0.1, 0.15) is 30.1 Å². The van der Waals surface area contributed by atoms with Gasteiger partial charge in [0.05, 0.1) is 31.2 Å². The molecule has 0 radical (unpaired) electrons. The predicted molar refractivity (Wildman–Crippen MR) is 289 cm³/mol. The quantitative estimate of drug-likeness (QED) is 0.0552. The second-order valence-corrected chi connectivity index (χ2v) is 23.1. The summed E-state index contributed by atoms with van der Waals surface area (Å²) in [6.45, 7) is 13.3. The monoisotopic (exact) mass is 1110 g/mol. The van der Waals surface area contributed by atoms with E-state index in [1.54, 1.807) is 63.9 Å². The lowest BCUT2D eigenvalue weighted by molar-refractivity contribution is -0.306. The van der Waals surface area contributed by atoms with Gasteiger partial charge in [0.15, 0.2) is 5.78 Å². The molecule has 5 rings (SSSR count). The summed E-state index contributed by atoms with van der Waals surface area (Å²) < 4.78 is 23.9. The van der Waals surface area contributed by atoms with Crippen molar-refractivity contribution in [2.24, 2.45) is 41.4 Å². The van der Waals surface area contributed by atoms with Gasteiger partial charge < -0.3 is 38.9 Å². The number of hydrogen-bond donors (Lipinski definition) is 5. The number of carbonyl (C=O) groups excluding carboxylic acids is 7. The summed E-state index contributed by atoms with van der Waals surface area (Å²) in [6.07, 6.45) is 11.6. The molecule has 1 saturated carbocycles. The van der Waals surface area contributed by atoms with Crippen molar-refractivity contribution < 1.29 is 78.0 Å². The number of aliphatic hydroxyl groups excluding tert-OH is 1. The minimum absolute atomic E-state index is 0.0139. The molecule has 21 nitrogen and oxygen atoms in total. The molecule has 0 spiro atoms. The Hall–Kier alpha value is -4.71. The molecule has 21 heteroatoms. The number of amides is 3. The van der Waals surface area contributed by atoms with Gasteiger partial charge in [-0.25, -0.2) is 19.4 Å². The van der Waals surface area contributed by atoms with Crippen molar-refractivity contribution >= 4 is 41.2 Å². The summed E-state index contributed by atoms with van der Waals surface area (Å²) in [7, 11) is 4.01. The van der Waals surface area contributed by atoms with Crippen molar-refractivity contribution in [3.05, 3.63) is 47.6 Å². The lowest BCUT2D eigenvalue weighted by atomic mass is 9.75. The number of hydrogen-bond acceptors (Lipinski definition) is 18. The number of hydroxylamine groups is 4. The maximum Gasteiger partial charge on any atom is 0.356 e. The van der Waals surface area contributed by atoms with Crippen LogP contribution in [0.5, 0.6) is 0 Å². The zero-order valence-corrected chi connectivity index (χ0v) is 48.3. The number of esters is 1. The van der Waals surface area contributed by atoms with E-state index in [2.05, 4.69) is 5.43 Å². The number of ketones is 3. The number of nitrogens with zero attached hydrogens (tertiary/aromatic N) is 4. The minimum Gasteiger partial charge on any atom is -0.460 e. The molecule has 1 aliphatic carbocycles. The molecule has 0 aromatic carbocycles. The van der Waals surface area contributed by atoms with Crippen molar-refractivity contribution in [1.29, 1.82) is 0 Å². The molecule has 3 amide bonds. The Bertz CT molecular complexity index is 2230. The second kappa shape index (κ2) is 30.4. The minimum atomic E-state index is -2.64. The van der Waals surface area contributed by atoms with E-state index < -0.39 is 108 Å². The van der Waals surface area contributed by atoms with Gasteiger partial charge in [-0.05, 0) is 125 Å². The fourth-order valence-electron chi connectivity index (χ4n) is 12.0. The number of fused-ring (bicyclic) bond motifs is 3. The maximum absolute atomic E-state index is 14.6. The fraction of sp³-hybridized carbons (Fsp3) is 0.741. The molecule has 5 N–H and O–H groups in total. The highest BCUT2D eigenvalue weighted by molar-refractivity contribution is 6.39. The smallest absolute Gasteiger partial charge is 0.356 e. The van der Waals surface area contributed by atoms with Gasteiger partial charge in [0.2, 0.25) is 5.79 Å². The lowest BCUT2D eigenvalue weighted by Gasteiger charge is -2.43.